The minimum atomic E-state index is -0.318. The second-order valence-corrected chi connectivity index (χ2v) is 11.4. The van der Waals surface area contributed by atoms with Crippen LogP contribution in [0, 0.1) is 17.8 Å². The Kier molecular flexibility index (Phi) is 9.84. The number of hydrogen-bond donors (Lipinski definition) is 2. The summed E-state index contributed by atoms with van der Waals surface area (Å²) in [5.41, 5.74) is 0.963. The molecule has 1 aromatic carbocycles. The zero-order chi connectivity index (χ0) is 26.4. The molecule has 0 aromatic heterocycles. The van der Waals surface area contributed by atoms with E-state index in [1.165, 1.54) is 32.1 Å². The molecule has 1 saturated carbocycles. The highest BCUT2D eigenvalue weighted by Gasteiger charge is 2.35. The van der Waals surface area contributed by atoms with E-state index in [9.17, 15) is 14.7 Å². The number of fused-ring (bicyclic) bond motifs is 1. The molecule has 8 heteroatoms. The number of rotatable bonds is 8. The van der Waals surface area contributed by atoms with Crippen LogP contribution in [0.15, 0.2) is 18.2 Å². The molecule has 8 nitrogen and oxygen atoms in total. The quantitative estimate of drug-likeness (QED) is 0.548. The molecule has 2 fully saturated rings. The smallest absolute Gasteiger partial charge is 0.258 e. The molecule has 4 rings (SSSR count). The minimum absolute atomic E-state index is 0.0409. The molecular weight excluding hydrogens is 470 g/mol. The first kappa shape index (κ1) is 27.9. The van der Waals surface area contributed by atoms with Crippen molar-refractivity contribution in [3.8, 4) is 5.75 Å². The van der Waals surface area contributed by atoms with Crippen molar-refractivity contribution in [3.05, 3.63) is 23.8 Å². The average molecular weight is 516 g/mol. The first-order valence-corrected chi connectivity index (χ1v) is 14.2. The Bertz CT molecular complexity index is 913. The van der Waals surface area contributed by atoms with Crippen molar-refractivity contribution in [2.75, 3.05) is 51.8 Å². The van der Waals surface area contributed by atoms with E-state index in [-0.39, 0.29) is 42.4 Å². The Morgan fingerprint density at radius 1 is 1.16 bits per heavy atom. The van der Waals surface area contributed by atoms with E-state index in [0.717, 1.165) is 19.0 Å². The van der Waals surface area contributed by atoms with Gasteiger partial charge in [0.1, 0.15) is 6.10 Å². The van der Waals surface area contributed by atoms with E-state index in [1.54, 1.807) is 17.0 Å². The van der Waals surface area contributed by atoms with Crippen molar-refractivity contribution in [1.82, 2.24) is 9.80 Å². The number of anilines is 1. The lowest BCUT2D eigenvalue weighted by Gasteiger charge is -2.39. The maximum absolute atomic E-state index is 13.7. The summed E-state index contributed by atoms with van der Waals surface area (Å²) >= 11 is 0. The van der Waals surface area contributed by atoms with Crippen LogP contribution in [0.2, 0.25) is 0 Å². The SMILES string of the molecule is C[C@H](CO)N1C[C@H](C)[C@@H](CN(C)CC2CCCCC2)Oc2c(NC(=O)C3CCOCC3)cccc2C1=O. The summed E-state index contributed by atoms with van der Waals surface area (Å²) in [6, 6.07) is 5.05. The monoisotopic (exact) mass is 515 g/mol. The molecule has 0 unspecified atom stereocenters. The highest BCUT2D eigenvalue weighted by molar-refractivity contribution is 6.02. The largest absolute Gasteiger partial charge is 0.486 e. The van der Waals surface area contributed by atoms with Crippen molar-refractivity contribution < 1.29 is 24.2 Å². The lowest BCUT2D eigenvalue weighted by atomic mass is 9.89. The van der Waals surface area contributed by atoms with E-state index in [2.05, 4.69) is 24.2 Å². The van der Waals surface area contributed by atoms with Crippen LogP contribution in [0.3, 0.4) is 0 Å². The van der Waals surface area contributed by atoms with Crippen molar-refractivity contribution >= 4 is 17.5 Å². The van der Waals surface area contributed by atoms with Gasteiger partial charge in [-0.1, -0.05) is 32.3 Å². The Hall–Kier alpha value is -2.16. The van der Waals surface area contributed by atoms with Crippen molar-refractivity contribution in [3.63, 3.8) is 0 Å². The average Bonchev–Trinajstić information content (AvgIpc) is 2.91. The highest BCUT2D eigenvalue weighted by Crippen LogP contribution is 2.36. The lowest BCUT2D eigenvalue weighted by Crippen LogP contribution is -2.50. The van der Waals surface area contributed by atoms with Crippen LogP contribution in [0.1, 0.15) is 69.2 Å². The number of nitrogens with one attached hydrogen (secondary N) is 1. The number of aliphatic hydroxyl groups excluding tert-OH is 1. The normalized spacial score (nSPS) is 24.7. The summed E-state index contributed by atoms with van der Waals surface area (Å²) in [5.74, 6) is 0.839. The van der Waals surface area contributed by atoms with Crippen molar-refractivity contribution in [2.45, 2.75) is 70.9 Å². The molecule has 1 saturated heterocycles. The zero-order valence-electron chi connectivity index (χ0n) is 22.8. The van der Waals surface area contributed by atoms with E-state index >= 15 is 0 Å². The standard InChI is InChI=1S/C29H45N3O5/c1-20-16-32(21(2)19-33)29(35)24-10-7-11-25(30-28(34)23-12-14-36-15-13-23)27(24)37-26(20)18-31(3)17-22-8-5-4-6-9-22/h7,10-11,20-23,26,33H,4-6,8-9,12-19H2,1-3H3,(H,30,34)/t20-,21+,26+/m0/s1. The predicted octanol–water partition coefficient (Wildman–Crippen LogP) is 3.78. The number of nitrogens with zero attached hydrogens (tertiary/aromatic N) is 2. The molecule has 3 atom stereocenters. The first-order valence-electron chi connectivity index (χ1n) is 14.2. The van der Waals surface area contributed by atoms with Gasteiger partial charge >= 0.3 is 0 Å². The summed E-state index contributed by atoms with van der Waals surface area (Å²) in [7, 11) is 2.16. The Labute approximate surface area is 221 Å². The summed E-state index contributed by atoms with van der Waals surface area (Å²) in [6.07, 6.45) is 7.75. The first-order chi connectivity index (χ1) is 17.9. The predicted molar refractivity (Wildman–Crippen MR) is 144 cm³/mol. The van der Waals surface area contributed by atoms with Gasteiger partial charge in [0.25, 0.3) is 5.91 Å². The third-order valence-electron chi connectivity index (χ3n) is 8.33. The fourth-order valence-electron chi connectivity index (χ4n) is 5.95. The number of carbonyl (C=O) groups excluding carboxylic acids is 2. The van der Waals surface area contributed by atoms with Gasteiger partial charge in [-0.3, -0.25) is 9.59 Å². The Morgan fingerprint density at radius 3 is 2.59 bits per heavy atom. The van der Waals surface area contributed by atoms with Crippen LogP contribution < -0.4 is 10.1 Å². The van der Waals surface area contributed by atoms with E-state index in [1.807, 2.05) is 13.0 Å². The number of ether oxygens (including phenoxy) is 2. The maximum Gasteiger partial charge on any atom is 0.258 e. The van der Waals surface area contributed by atoms with Gasteiger partial charge in [0.2, 0.25) is 5.91 Å². The van der Waals surface area contributed by atoms with Gasteiger partial charge in [0.15, 0.2) is 5.75 Å². The molecule has 3 aliphatic rings. The summed E-state index contributed by atoms with van der Waals surface area (Å²) in [6.45, 7) is 7.31. The lowest BCUT2D eigenvalue weighted by molar-refractivity contribution is -0.122. The molecule has 1 aliphatic carbocycles. The second kappa shape index (κ2) is 13.1. The van der Waals surface area contributed by atoms with Gasteiger partial charge in [-0.05, 0) is 57.7 Å². The van der Waals surface area contributed by atoms with Gasteiger partial charge in [-0.15, -0.1) is 0 Å². The van der Waals surface area contributed by atoms with Crippen LogP contribution in [-0.4, -0.2) is 85.4 Å². The molecule has 2 N–H and O–H groups in total. The van der Waals surface area contributed by atoms with E-state index in [0.29, 0.717) is 49.6 Å². The third-order valence-corrected chi connectivity index (χ3v) is 8.33. The Balaban J connectivity index is 1.60. The number of hydrogen-bond acceptors (Lipinski definition) is 6. The van der Waals surface area contributed by atoms with Crippen LogP contribution in [0.5, 0.6) is 5.75 Å². The molecular formula is C29H45N3O5. The molecule has 0 bridgehead atoms. The molecule has 0 spiro atoms. The van der Waals surface area contributed by atoms with Crippen molar-refractivity contribution in [2.24, 2.45) is 17.8 Å². The summed E-state index contributed by atoms with van der Waals surface area (Å²) in [4.78, 5) is 30.9. The zero-order valence-corrected chi connectivity index (χ0v) is 22.8. The number of aliphatic hydroxyl groups is 1. The van der Waals surface area contributed by atoms with Crippen LogP contribution in [0.25, 0.3) is 0 Å². The molecule has 0 radical (unpaired) electrons. The van der Waals surface area contributed by atoms with E-state index in [4.69, 9.17) is 9.47 Å². The number of amides is 2. The number of para-hydroxylation sites is 1. The topological polar surface area (TPSA) is 91.3 Å². The van der Waals surface area contributed by atoms with Crippen LogP contribution >= 0.6 is 0 Å². The highest BCUT2D eigenvalue weighted by atomic mass is 16.5. The maximum atomic E-state index is 13.7. The second-order valence-electron chi connectivity index (χ2n) is 11.4. The number of likely N-dealkylation sites (N-methyl/N-ethyl adjacent to an activating group) is 1. The fraction of sp³-hybridized carbons (Fsp3) is 0.724. The minimum Gasteiger partial charge on any atom is -0.486 e. The van der Waals surface area contributed by atoms with Gasteiger partial charge in [0.05, 0.1) is 23.9 Å². The number of benzene rings is 1. The molecule has 37 heavy (non-hydrogen) atoms. The van der Waals surface area contributed by atoms with E-state index < -0.39 is 0 Å². The van der Waals surface area contributed by atoms with Gasteiger partial charge < -0.3 is 29.7 Å². The Morgan fingerprint density at radius 2 is 1.89 bits per heavy atom. The summed E-state index contributed by atoms with van der Waals surface area (Å²) < 4.78 is 12.1. The van der Waals surface area contributed by atoms with Gasteiger partial charge in [-0.2, -0.15) is 0 Å². The van der Waals surface area contributed by atoms with Crippen molar-refractivity contribution in [1.29, 1.82) is 0 Å². The van der Waals surface area contributed by atoms with Crippen LogP contribution in [-0.2, 0) is 9.53 Å². The molecule has 2 heterocycles. The van der Waals surface area contributed by atoms with Gasteiger partial charge in [-0.25, -0.2) is 0 Å². The molecule has 2 aliphatic heterocycles. The molecule has 2 amide bonds. The van der Waals surface area contributed by atoms with Crippen LogP contribution in [0.4, 0.5) is 5.69 Å². The molecule has 206 valence electrons. The summed E-state index contributed by atoms with van der Waals surface area (Å²) in [5, 5.41) is 13.0. The third kappa shape index (κ3) is 7.03. The number of carbonyl (C=O) groups is 2. The van der Waals surface area contributed by atoms with Gasteiger partial charge in [0, 0.05) is 44.7 Å². The molecule has 1 aromatic rings. The fourth-order valence-corrected chi connectivity index (χ4v) is 5.95.